The quantitative estimate of drug-likeness (QED) is 0.751. The van der Waals surface area contributed by atoms with Gasteiger partial charge in [-0.25, -0.2) is 0 Å². The van der Waals surface area contributed by atoms with E-state index in [4.69, 9.17) is 4.74 Å². The van der Waals surface area contributed by atoms with Gasteiger partial charge >= 0.3 is 0 Å². The Kier molecular flexibility index (Phi) is 3.67. The molecule has 1 aliphatic rings. The Morgan fingerprint density at radius 1 is 1.53 bits per heavy atom. The van der Waals surface area contributed by atoms with Gasteiger partial charge in [-0.2, -0.15) is 0 Å². The highest BCUT2D eigenvalue weighted by molar-refractivity contribution is 5.77. The third kappa shape index (κ3) is 2.29. The van der Waals surface area contributed by atoms with Crippen LogP contribution >= 0.6 is 0 Å². The van der Waals surface area contributed by atoms with Crippen molar-refractivity contribution in [1.82, 2.24) is 4.57 Å². The third-order valence-corrected chi connectivity index (χ3v) is 3.91. The fourth-order valence-corrected chi connectivity index (χ4v) is 2.82. The van der Waals surface area contributed by atoms with Crippen LogP contribution in [0.25, 0.3) is 0 Å². The molecular weight excluding hydrogens is 214 g/mol. The number of nitrogens with zero attached hydrogens (tertiary/aromatic N) is 1. The Labute approximate surface area is 103 Å². The standard InChI is InChI=1S/C14H21NO2/c1-4-14-12(5-6-17-14)8-15-10(2)7-13(9-16)11(15)3/h7,9,12,14H,4-6,8H2,1-3H3. The first-order valence-corrected chi connectivity index (χ1v) is 6.40. The van der Waals surface area contributed by atoms with Crippen molar-refractivity contribution in [2.45, 2.75) is 46.3 Å². The van der Waals surface area contributed by atoms with Gasteiger partial charge in [-0.15, -0.1) is 0 Å². The number of carbonyl (C=O) groups is 1. The molecule has 0 saturated carbocycles. The molecule has 2 unspecified atom stereocenters. The second-order valence-electron chi connectivity index (χ2n) is 4.92. The molecule has 0 aliphatic carbocycles. The Morgan fingerprint density at radius 2 is 2.29 bits per heavy atom. The van der Waals surface area contributed by atoms with Crippen LogP contribution in [0.2, 0.25) is 0 Å². The lowest BCUT2D eigenvalue weighted by molar-refractivity contribution is 0.0832. The molecule has 1 aromatic heterocycles. The fraction of sp³-hybridized carbons (Fsp3) is 0.643. The molecule has 0 spiro atoms. The SMILES string of the molecule is CCC1OCCC1Cn1c(C)cc(C=O)c1C. The molecule has 1 aliphatic heterocycles. The van der Waals surface area contributed by atoms with Gasteiger partial charge in [-0.1, -0.05) is 6.92 Å². The van der Waals surface area contributed by atoms with Gasteiger partial charge in [-0.3, -0.25) is 4.79 Å². The molecule has 2 rings (SSSR count). The molecule has 3 nitrogen and oxygen atoms in total. The van der Waals surface area contributed by atoms with E-state index in [9.17, 15) is 4.79 Å². The zero-order chi connectivity index (χ0) is 12.4. The number of rotatable bonds is 4. The van der Waals surface area contributed by atoms with Crippen LogP contribution in [0, 0.1) is 19.8 Å². The van der Waals surface area contributed by atoms with Crippen LogP contribution in [-0.2, 0) is 11.3 Å². The molecule has 2 atom stereocenters. The highest BCUT2D eigenvalue weighted by Crippen LogP contribution is 2.27. The Hall–Kier alpha value is -1.09. The van der Waals surface area contributed by atoms with Gasteiger partial charge in [0.05, 0.1) is 6.10 Å². The lowest BCUT2D eigenvalue weighted by atomic mass is 9.99. The minimum atomic E-state index is 0.385. The maximum absolute atomic E-state index is 10.9. The van der Waals surface area contributed by atoms with Crippen LogP contribution in [0.3, 0.4) is 0 Å². The van der Waals surface area contributed by atoms with Crippen molar-refractivity contribution in [3.8, 4) is 0 Å². The molecule has 3 heteroatoms. The number of hydrogen-bond donors (Lipinski definition) is 0. The third-order valence-electron chi connectivity index (χ3n) is 3.91. The van der Waals surface area contributed by atoms with Gasteiger partial charge in [0.2, 0.25) is 0 Å². The Morgan fingerprint density at radius 3 is 2.88 bits per heavy atom. The molecular formula is C14H21NO2. The van der Waals surface area contributed by atoms with E-state index in [1.165, 1.54) is 5.69 Å². The first-order valence-electron chi connectivity index (χ1n) is 6.40. The second-order valence-corrected chi connectivity index (χ2v) is 4.92. The summed E-state index contributed by atoms with van der Waals surface area (Å²) in [7, 11) is 0. The fourth-order valence-electron chi connectivity index (χ4n) is 2.82. The number of aldehydes is 1. The van der Waals surface area contributed by atoms with Crippen LogP contribution in [0.1, 0.15) is 41.5 Å². The van der Waals surface area contributed by atoms with Crippen LogP contribution < -0.4 is 0 Å². The summed E-state index contributed by atoms with van der Waals surface area (Å²) in [5.74, 6) is 0.587. The molecule has 1 aromatic rings. The van der Waals surface area contributed by atoms with Crippen molar-refractivity contribution in [2.75, 3.05) is 6.61 Å². The lowest BCUT2D eigenvalue weighted by Crippen LogP contribution is -2.21. The largest absolute Gasteiger partial charge is 0.378 e. The minimum absolute atomic E-state index is 0.385. The van der Waals surface area contributed by atoms with Crippen LogP contribution in [-0.4, -0.2) is 23.6 Å². The van der Waals surface area contributed by atoms with Crippen molar-refractivity contribution in [3.63, 3.8) is 0 Å². The normalized spacial score (nSPS) is 24.2. The summed E-state index contributed by atoms with van der Waals surface area (Å²) in [6.45, 7) is 8.12. The maximum Gasteiger partial charge on any atom is 0.151 e. The van der Waals surface area contributed by atoms with E-state index < -0.39 is 0 Å². The zero-order valence-electron chi connectivity index (χ0n) is 10.9. The van der Waals surface area contributed by atoms with Crippen molar-refractivity contribution in [2.24, 2.45) is 5.92 Å². The predicted molar refractivity (Wildman–Crippen MR) is 67.4 cm³/mol. The van der Waals surface area contributed by atoms with E-state index in [1.807, 2.05) is 13.0 Å². The van der Waals surface area contributed by atoms with Crippen molar-refractivity contribution < 1.29 is 9.53 Å². The lowest BCUT2D eigenvalue weighted by Gasteiger charge is -2.19. The van der Waals surface area contributed by atoms with Crippen molar-refractivity contribution in [3.05, 3.63) is 23.0 Å². The van der Waals surface area contributed by atoms with E-state index in [-0.39, 0.29) is 0 Å². The topological polar surface area (TPSA) is 31.2 Å². The zero-order valence-corrected chi connectivity index (χ0v) is 10.9. The summed E-state index contributed by atoms with van der Waals surface area (Å²) < 4.78 is 7.97. The van der Waals surface area contributed by atoms with Crippen molar-refractivity contribution >= 4 is 6.29 Å². The predicted octanol–water partition coefficient (Wildman–Crippen LogP) is 2.73. The van der Waals surface area contributed by atoms with E-state index in [1.54, 1.807) is 0 Å². The average molecular weight is 235 g/mol. The summed E-state index contributed by atoms with van der Waals surface area (Å²) in [5.41, 5.74) is 3.07. The van der Waals surface area contributed by atoms with Gasteiger partial charge < -0.3 is 9.30 Å². The average Bonchev–Trinajstić information content (AvgIpc) is 2.88. The molecule has 0 N–H and O–H groups in total. The summed E-state index contributed by atoms with van der Waals surface area (Å²) in [5, 5.41) is 0. The number of carbonyl (C=O) groups excluding carboxylic acids is 1. The van der Waals surface area contributed by atoms with Crippen molar-refractivity contribution in [1.29, 1.82) is 0 Å². The molecule has 17 heavy (non-hydrogen) atoms. The monoisotopic (exact) mass is 235 g/mol. The molecule has 2 heterocycles. The van der Waals surface area contributed by atoms with Gasteiger partial charge in [0.15, 0.2) is 6.29 Å². The van der Waals surface area contributed by atoms with Crippen LogP contribution in [0.15, 0.2) is 6.07 Å². The van der Waals surface area contributed by atoms with Gasteiger partial charge in [-0.05, 0) is 32.8 Å². The summed E-state index contributed by atoms with van der Waals surface area (Å²) in [6, 6.07) is 1.97. The molecule has 0 radical (unpaired) electrons. The molecule has 0 bridgehead atoms. The highest BCUT2D eigenvalue weighted by atomic mass is 16.5. The van der Waals surface area contributed by atoms with Crippen LogP contribution in [0.5, 0.6) is 0 Å². The maximum atomic E-state index is 10.9. The number of hydrogen-bond acceptors (Lipinski definition) is 2. The molecule has 0 aromatic carbocycles. The summed E-state index contributed by atoms with van der Waals surface area (Å²) in [4.78, 5) is 10.9. The first-order chi connectivity index (χ1) is 8.17. The molecule has 0 amide bonds. The Balaban J connectivity index is 2.18. The Bertz CT molecular complexity index is 409. The summed E-state index contributed by atoms with van der Waals surface area (Å²) in [6.07, 6.45) is 3.54. The highest BCUT2D eigenvalue weighted by Gasteiger charge is 2.27. The van der Waals surface area contributed by atoms with E-state index in [2.05, 4.69) is 18.4 Å². The van der Waals surface area contributed by atoms with Gasteiger partial charge in [0.1, 0.15) is 0 Å². The number of ether oxygens (including phenoxy) is 1. The smallest absolute Gasteiger partial charge is 0.151 e. The van der Waals surface area contributed by atoms with Gasteiger partial charge in [0, 0.05) is 36.0 Å². The number of aromatic nitrogens is 1. The van der Waals surface area contributed by atoms with E-state index in [0.717, 1.165) is 43.5 Å². The van der Waals surface area contributed by atoms with Gasteiger partial charge in [0.25, 0.3) is 0 Å². The first kappa shape index (κ1) is 12.4. The summed E-state index contributed by atoms with van der Waals surface area (Å²) >= 11 is 0. The van der Waals surface area contributed by atoms with E-state index >= 15 is 0 Å². The second kappa shape index (κ2) is 5.05. The molecule has 1 fully saturated rings. The molecule has 94 valence electrons. The molecule has 1 saturated heterocycles. The van der Waals surface area contributed by atoms with Crippen LogP contribution in [0.4, 0.5) is 0 Å². The minimum Gasteiger partial charge on any atom is -0.378 e. The van der Waals surface area contributed by atoms with E-state index in [0.29, 0.717) is 12.0 Å². The number of aryl methyl sites for hydroxylation is 1.